The first kappa shape index (κ1) is 18.7. The van der Waals surface area contributed by atoms with Crippen molar-refractivity contribution in [2.24, 2.45) is 5.92 Å². The van der Waals surface area contributed by atoms with Crippen LogP contribution in [0.4, 0.5) is 5.69 Å². The average molecular weight is 418 g/mol. The monoisotopic (exact) mass is 417 g/mol. The molecule has 4 nitrogen and oxygen atoms in total. The first-order chi connectivity index (χ1) is 13.0. The van der Waals surface area contributed by atoms with Crippen LogP contribution in [0.1, 0.15) is 30.7 Å². The molecule has 27 heavy (non-hydrogen) atoms. The standard InChI is InChI=1S/C20H20ClN3OS2/c1-11-7-8-13-16(9-11)27-20-17(13)19(22-10-23-20)26-12(2)18(25)24-15-6-4-3-5-14(15)21/h3-6,10-12H,7-9H2,1-2H3,(H,24,25)/t11-,12+/m1/s1. The van der Waals surface area contributed by atoms with E-state index in [2.05, 4.69) is 22.2 Å². The van der Waals surface area contributed by atoms with Gasteiger partial charge in [-0.2, -0.15) is 0 Å². The molecule has 1 aromatic carbocycles. The summed E-state index contributed by atoms with van der Waals surface area (Å²) in [6.45, 7) is 4.20. The molecule has 0 fully saturated rings. The van der Waals surface area contributed by atoms with Crippen molar-refractivity contribution in [3.8, 4) is 0 Å². The van der Waals surface area contributed by atoms with Crippen LogP contribution >= 0.6 is 34.7 Å². The van der Waals surface area contributed by atoms with Gasteiger partial charge in [0.25, 0.3) is 0 Å². The normalized spacial score (nSPS) is 17.5. The largest absolute Gasteiger partial charge is 0.324 e. The lowest BCUT2D eigenvalue weighted by molar-refractivity contribution is -0.115. The van der Waals surface area contributed by atoms with Gasteiger partial charge in [0, 0.05) is 10.3 Å². The van der Waals surface area contributed by atoms with Crippen molar-refractivity contribution in [3.63, 3.8) is 0 Å². The van der Waals surface area contributed by atoms with Crippen LogP contribution in [0.5, 0.6) is 0 Å². The van der Waals surface area contributed by atoms with E-state index < -0.39 is 0 Å². The van der Waals surface area contributed by atoms with E-state index in [1.54, 1.807) is 29.8 Å². The third-order valence-corrected chi connectivity index (χ3v) is 7.44. The lowest BCUT2D eigenvalue weighted by Crippen LogP contribution is -2.22. The molecule has 2 aromatic heterocycles. The van der Waals surface area contributed by atoms with Crippen LogP contribution < -0.4 is 5.32 Å². The highest BCUT2D eigenvalue weighted by Gasteiger charge is 2.25. The Hall–Kier alpha value is -1.63. The van der Waals surface area contributed by atoms with E-state index in [1.807, 2.05) is 19.1 Å². The third-order valence-electron chi connectivity index (χ3n) is 4.85. The molecule has 0 spiro atoms. The Bertz CT molecular complexity index is 1000. The molecule has 1 aliphatic carbocycles. The van der Waals surface area contributed by atoms with Crippen LogP contribution in [0, 0.1) is 5.92 Å². The van der Waals surface area contributed by atoms with Crippen molar-refractivity contribution in [1.29, 1.82) is 0 Å². The number of benzene rings is 1. The van der Waals surface area contributed by atoms with Crippen molar-refractivity contribution in [1.82, 2.24) is 9.97 Å². The maximum absolute atomic E-state index is 12.6. The Morgan fingerprint density at radius 1 is 1.37 bits per heavy atom. The number of aryl methyl sites for hydroxylation is 1. The Kier molecular flexibility index (Phi) is 5.39. The minimum absolute atomic E-state index is 0.0856. The van der Waals surface area contributed by atoms with Gasteiger partial charge in [-0.25, -0.2) is 9.97 Å². The predicted molar refractivity (Wildman–Crippen MR) is 114 cm³/mol. The number of amides is 1. The highest BCUT2D eigenvalue weighted by Crippen LogP contribution is 2.41. The summed E-state index contributed by atoms with van der Waals surface area (Å²) in [7, 11) is 0. The molecule has 2 atom stereocenters. The molecular weight excluding hydrogens is 398 g/mol. The Labute approximate surface area is 171 Å². The van der Waals surface area contributed by atoms with E-state index in [9.17, 15) is 4.79 Å². The van der Waals surface area contributed by atoms with E-state index in [0.29, 0.717) is 10.7 Å². The second-order valence-electron chi connectivity index (χ2n) is 6.94. The Morgan fingerprint density at radius 3 is 3.00 bits per heavy atom. The smallest absolute Gasteiger partial charge is 0.237 e. The number of aromatic nitrogens is 2. The van der Waals surface area contributed by atoms with E-state index in [-0.39, 0.29) is 11.2 Å². The van der Waals surface area contributed by atoms with Gasteiger partial charge in [0.1, 0.15) is 16.2 Å². The lowest BCUT2D eigenvalue weighted by Gasteiger charge is -2.18. The summed E-state index contributed by atoms with van der Waals surface area (Å²) in [5, 5.41) is 5.19. The Morgan fingerprint density at radius 2 is 2.19 bits per heavy atom. The molecule has 7 heteroatoms. The van der Waals surface area contributed by atoms with Crippen molar-refractivity contribution < 1.29 is 4.79 Å². The molecule has 3 aromatic rings. The van der Waals surface area contributed by atoms with E-state index in [1.165, 1.54) is 28.6 Å². The number of para-hydroxylation sites is 1. The molecule has 1 aliphatic rings. The minimum atomic E-state index is -0.294. The number of carbonyl (C=O) groups excluding carboxylic acids is 1. The van der Waals surface area contributed by atoms with Gasteiger partial charge in [0.15, 0.2) is 0 Å². The summed E-state index contributed by atoms with van der Waals surface area (Å²) in [6.07, 6.45) is 4.98. The molecule has 140 valence electrons. The fraction of sp³-hybridized carbons (Fsp3) is 0.350. The van der Waals surface area contributed by atoms with Crippen LogP contribution in [0.15, 0.2) is 35.6 Å². The van der Waals surface area contributed by atoms with Crippen molar-refractivity contribution in [3.05, 3.63) is 46.1 Å². The van der Waals surface area contributed by atoms with Gasteiger partial charge in [0.05, 0.1) is 16.0 Å². The van der Waals surface area contributed by atoms with Gasteiger partial charge < -0.3 is 5.32 Å². The van der Waals surface area contributed by atoms with Crippen LogP contribution in [-0.4, -0.2) is 21.1 Å². The summed E-state index contributed by atoms with van der Waals surface area (Å²) in [5.74, 6) is 0.632. The molecule has 0 radical (unpaired) electrons. The number of hydrogen-bond acceptors (Lipinski definition) is 5. The van der Waals surface area contributed by atoms with E-state index in [0.717, 1.165) is 34.0 Å². The molecule has 0 bridgehead atoms. The topological polar surface area (TPSA) is 54.9 Å². The number of fused-ring (bicyclic) bond motifs is 3. The Balaban J connectivity index is 1.58. The molecule has 0 unspecified atom stereocenters. The number of rotatable bonds is 4. The first-order valence-corrected chi connectivity index (χ1v) is 11.1. The third kappa shape index (κ3) is 3.84. The molecular formula is C20H20ClN3OS2. The minimum Gasteiger partial charge on any atom is -0.324 e. The molecule has 0 saturated heterocycles. The highest BCUT2D eigenvalue weighted by atomic mass is 35.5. The maximum Gasteiger partial charge on any atom is 0.237 e. The van der Waals surface area contributed by atoms with Crippen molar-refractivity contribution >= 4 is 56.5 Å². The molecule has 1 amide bonds. The van der Waals surface area contributed by atoms with Gasteiger partial charge in [-0.05, 0) is 49.8 Å². The number of halogens is 1. The highest BCUT2D eigenvalue weighted by molar-refractivity contribution is 8.00. The molecule has 0 saturated carbocycles. The van der Waals surface area contributed by atoms with Crippen molar-refractivity contribution in [2.75, 3.05) is 5.32 Å². The van der Waals surface area contributed by atoms with Gasteiger partial charge in [0.2, 0.25) is 5.91 Å². The van der Waals surface area contributed by atoms with Gasteiger partial charge >= 0.3 is 0 Å². The van der Waals surface area contributed by atoms with Gasteiger partial charge in [-0.3, -0.25) is 4.79 Å². The summed E-state index contributed by atoms with van der Waals surface area (Å²) in [6, 6.07) is 7.26. The molecule has 1 N–H and O–H groups in total. The number of nitrogens with one attached hydrogen (secondary N) is 1. The quantitative estimate of drug-likeness (QED) is 0.444. The maximum atomic E-state index is 12.6. The lowest BCUT2D eigenvalue weighted by atomic mass is 9.89. The zero-order valence-corrected chi connectivity index (χ0v) is 17.5. The predicted octanol–water partition coefficient (Wildman–Crippen LogP) is 5.59. The summed E-state index contributed by atoms with van der Waals surface area (Å²) in [5.41, 5.74) is 2.02. The number of hydrogen-bond donors (Lipinski definition) is 1. The average Bonchev–Trinajstić information content (AvgIpc) is 3.01. The number of thiophene rings is 1. The summed E-state index contributed by atoms with van der Waals surface area (Å²) in [4.78, 5) is 24.1. The number of nitrogens with zero attached hydrogens (tertiary/aromatic N) is 2. The fourth-order valence-electron chi connectivity index (χ4n) is 3.35. The van der Waals surface area contributed by atoms with Crippen molar-refractivity contribution in [2.45, 2.75) is 43.4 Å². The number of carbonyl (C=O) groups is 1. The van der Waals surface area contributed by atoms with Crippen LogP contribution in [-0.2, 0) is 17.6 Å². The molecule has 4 rings (SSSR count). The summed E-state index contributed by atoms with van der Waals surface area (Å²) < 4.78 is 0. The van der Waals surface area contributed by atoms with Crippen LogP contribution in [0.25, 0.3) is 10.2 Å². The second kappa shape index (κ2) is 7.78. The van der Waals surface area contributed by atoms with E-state index >= 15 is 0 Å². The second-order valence-corrected chi connectivity index (χ2v) is 9.76. The number of anilines is 1. The molecule has 2 heterocycles. The summed E-state index contributed by atoms with van der Waals surface area (Å²) >= 11 is 9.41. The van der Waals surface area contributed by atoms with Gasteiger partial charge in [-0.1, -0.05) is 42.4 Å². The molecule has 0 aliphatic heterocycles. The first-order valence-electron chi connectivity index (χ1n) is 9.00. The number of thioether (sulfide) groups is 1. The zero-order valence-electron chi connectivity index (χ0n) is 15.2. The van der Waals surface area contributed by atoms with E-state index in [4.69, 9.17) is 11.6 Å². The zero-order chi connectivity index (χ0) is 19.0. The van der Waals surface area contributed by atoms with Crippen LogP contribution in [0.3, 0.4) is 0 Å². The van der Waals surface area contributed by atoms with Gasteiger partial charge in [-0.15, -0.1) is 11.3 Å². The SMILES string of the molecule is C[C@@H]1CCc2c(sc3ncnc(S[C@@H](C)C(=O)Nc4ccccc4Cl)c23)C1. The van der Waals surface area contributed by atoms with Crippen LogP contribution in [0.2, 0.25) is 5.02 Å². The fourth-order valence-corrected chi connectivity index (χ4v) is 5.90.